The highest BCUT2D eigenvalue weighted by Crippen LogP contribution is 2.29. The first-order valence-corrected chi connectivity index (χ1v) is 5.07. The smallest absolute Gasteiger partial charge is 0.339 e. The zero-order valence-corrected chi connectivity index (χ0v) is 8.85. The van der Waals surface area contributed by atoms with E-state index in [1.54, 1.807) is 0 Å². The van der Waals surface area contributed by atoms with Crippen molar-refractivity contribution in [3.05, 3.63) is 21.4 Å². The van der Waals surface area contributed by atoms with Crippen molar-refractivity contribution in [1.29, 1.82) is 0 Å². The maximum Gasteiger partial charge on any atom is 0.339 e. The fourth-order valence-electron chi connectivity index (χ4n) is 1.76. The van der Waals surface area contributed by atoms with E-state index in [1.807, 2.05) is 0 Å². The Morgan fingerprint density at radius 2 is 2.14 bits per heavy atom. The largest absolute Gasteiger partial charge is 0.478 e. The van der Waals surface area contributed by atoms with Gasteiger partial charge in [-0.15, -0.1) is 0 Å². The van der Waals surface area contributed by atoms with Gasteiger partial charge in [-0.1, -0.05) is 0 Å². The Balaban J connectivity index is 2.65. The van der Waals surface area contributed by atoms with E-state index in [0.29, 0.717) is 16.6 Å². The second-order valence-corrected chi connectivity index (χ2v) is 4.04. The zero-order chi connectivity index (χ0) is 10.3. The van der Waals surface area contributed by atoms with Gasteiger partial charge in [0.15, 0.2) is 5.78 Å². The quantitative estimate of drug-likeness (QED) is 0.809. The third-order valence-corrected chi connectivity index (χ3v) is 2.95. The first kappa shape index (κ1) is 9.45. The van der Waals surface area contributed by atoms with Crippen LogP contribution >= 0.6 is 15.9 Å². The summed E-state index contributed by atoms with van der Waals surface area (Å²) in [5.74, 6) is -1.14. The number of aromatic carboxylic acids is 1. The Bertz CT molecular complexity index is 422. The van der Waals surface area contributed by atoms with Gasteiger partial charge in [0, 0.05) is 12.1 Å². The molecule has 1 heterocycles. The number of aryl methyl sites for hydroxylation is 1. The Labute approximate surface area is 88.4 Å². The first-order chi connectivity index (χ1) is 6.61. The van der Waals surface area contributed by atoms with Gasteiger partial charge in [0.2, 0.25) is 0 Å². The maximum absolute atomic E-state index is 11.5. The number of carbonyl (C=O) groups excluding carboxylic acids is 1. The summed E-state index contributed by atoms with van der Waals surface area (Å²) < 4.78 is 0.394. The molecular formula is C9H8BrNO3. The molecule has 0 aromatic carbocycles. The minimum atomic E-state index is -1.07. The Kier molecular flexibility index (Phi) is 2.19. The molecule has 0 radical (unpaired) electrons. The van der Waals surface area contributed by atoms with Crippen molar-refractivity contribution in [3.63, 3.8) is 0 Å². The minimum Gasteiger partial charge on any atom is -0.478 e. The van der Waals surface area contributed by atoms with E-state index in [9.17, 15) is 9.59 Å². The summed E-state index contributed by atoms with van der Waals surface area (Å²) >= 11 is 3.12. The standard InChI is InChI=1S/C9H8BrNO3/c10-8-7(9(13)14)6-4(11-8)2-1-3-5(6)12/h11H,1-3H2,(H,13,14). The summed E-state index contributed by atoms with van der Waals surface area (Å²) in [7, 11) is 0. The van der Waals surface area contributed by atoms with E-state index < -0.39 is 5.97 Å². The molecule has 0 saturated heterocycles. The molecule has 0 unspecified atom stereocenters. The Hall–Kier alpha value is -1.10. The van der Waals surface area contributed by atoms with Crippen LogP contribution in [0.4, 0.5) is 0 Å². The molecule has 1 aliphatic rings. The number of rotatable bonds is 1. The number of fused-ring (bicyclic) bond motifs is 1. The number of nitrogens with one attached hydrogen (secondary N) is 1. The third-order valence-electron chi connectivity index (χ3n) is 2.36. The normalized spacial score (nSPS) is 15.4. The number of carbonyl (C=O) groups is 2. The zero-order valence-electron chi connectivity index (χ0n) is 7.26. The van der Waals surface area contributed by atoms with Crippen LogP contribution in [0.2, 0.25) is 0 Å². The number of ketones is 1. The van der Waals surface area contributed by atoms with Crippen LogP contribution in [0.25, 0.3) is 0 Å². The van der Waals surface area contributed by atoms with E-state index in [1.165, 1.54) is 0 Å². The van der Waals surface area contributed by atoms with Gasteiger partial charge in [0.25, 0.3) is 0 Å². The second kappa shape index (κ2) is 3.24. The highest BCUT2D eigenvalue weighted by atomic mass is 79.9. The molecule has 0 fully saturated rings. The third kappa shape index (κ3) is 1.28. The highest BCUT2D eigenvalue weighted by Gasteiger charge is 2.28. The molecule has 1 aliphatic carbocycles. The van der Waals surface area contributed by atoms with E-state index in [0.717, 1.165) is 18.5 Å². The van der Waals surface area contributed by atoms with Gasteiger partial charge in [-0.05, 0) is 28.8 Å². The molecule has 0 aliphatic heterocycles. The van der Waals surface area contributed by atoms with Crippen molar-refractivity contribution < 1.29 is 14.7 Å². The predicted molar refractivity (Wildman–Crippen MR) is 52.7 cm³/mol. The molecule has 1 aromatic heterocycles. The first-order valence-electron chi connectivity index (χ1n) is 4.28. The van der Waals surface area contributed by atoms with Crippen LogP contribution < -0.4 is 0 Å². The molecule has 5 heteroatoms. The summed E-state index contributed by atoms with van der Waals surface area (Å²) in [5.41, 5.74) is 1.17. The van der Waals surface area contributed by atoms with Crippen LogP contribution in [0, 0.1) is 0 Å². The average molecular weight is 258 g/mol. The lowest BCUT2D eigenvalue weighted by molar-refractivity contribution is 0.0690. The van der Waals surface area contributed by atoms with Crippen LogP contribution in [0.5, 0.6) is 0 Å². The lowest BCUT2D eigenvalue weighted by Gasteiger charge is -2.09. The lowest BCUT2D eigenvalue weighted by atomic mass is 9.94. The number of Topliss-reactive ketones (excluding diaryl/α,β-unsaturated/α-hetero) is 1. The summed E-state index contributed by atoms with van der Waals surface area (Å²) in [6.45, 7) is 0. The second-order valence-electron chi connectivity index (χ2n) is 3.25. The SMILES string of the molecule is O=C(O)c1c(Br)[nH]c2c1C(=O)CCC2. The van der Waals surface area contributed by atoms with E-state index in [4.69, 9.17) is 5.11 Å². The molecule has 0 atom stereocenters. The number of aromatic amines is 1. The number of carboxylic acids is 1. The Morgan fingerprint density at radius 3 is 2.79 bits per heavy atom. The van der Waals surface area contributed by atoms with Crippen molar-refractivity contribution in [2.24, 2.45) is 0 Å². The maximum atomic E-state index is 11.5. The summed E-state index contributed by atoms with van der Waals surface area (Å²) in [4.78, 5) is 25.3. The van der Waals surface area contributed by atoms with Crippen LogP contribution in [-0.2, 0) is 6.42 Å². The van der Waals surface area contributed by atoms with Gasteiger partial charge in [0.1, 0.15) is 5.56 Å². The molecule has 0 bridgehead atoms. The van der Waals surface area contributed by atoms with Gasteiger partial charge >= 0.3 is 5.97 Å². The molecule has 2 N–H and O–H groups in total. The van der Waals surface area contributed by atoms with Gasteiger partial charge in [-0.25, -0.2) is 4.79 Å². The van der Waals surface area contributed by atoms with E-state index in [2.05, 4.69) is 20.9 Å². The fourth-order valence-corrected chi connectivity index (χ4v) is 2.37. The minimum absolute atomic E-state index is 0.0738. The van der Waals surface area contributed by atoms with Gasteiger partial charge in [-0.3, -0.25) is 4.79 Å². The number of aromatic nitrogens is 1. The summed E-state index contributed by atoms with van der Waals surface area (Å²) in [6.07, 6.45) is 1.97. The van der Waals surface area contributed by atoms with Crippen molar-refractivity contribution >= 4 is 27.7 Å². The molecule has 1 aromatic rings. The molecular weight excluding hydrogens is 250 g/mol. The van der Waals surface area contributed by atoms with Crippen molar-refractivity contribution in [1.82, 2.24) is 4.98 Å². The number of H-pyrrole nitrogens is 1. The summed E-state index contributed by atoms with van der Waals surface area (Å²) in [5, 5.41) is 8.93. The van der Waals surface area contributed by atoms with Gasteiger partial charge in [0.05, 0.1) is 10.2 Å². The summed E-state index contributed by atoms with van der Waals surface area (Å²) in [6, 6.07) is 0. The molecule has 14 heavy (non-hydrogen) atoms. The topological polar surface area (TPSA) is 70.2 Å². The van der Waals surface area contributed by atoms with E-state index >= 15 is 0 Å². The molecule has 2 rings (SSSR count). The monoisotopic (exact) mass is 257 g/mol. The highest BCUT2D eigenvalue weighted by molar-refractivity contribution is 9.10. The van der Waals surface area contributed by atoms with Crippen molar-refractivity contribution in [2.75, 3.05) is 0 Å². The fraction of sp³-hybridized carbons (Fsp3) is 0.333. The molecule has 0 spiro atoms. The molecule has 0 saturated carbocycles. The number of carboxylic acid groups (broad SMARTS) is 1. The lowest BCUT2D eigenvalue weighted by Crippen LogP contribution is -2.13. The molecule has 0 amide bonds. The number of halogens is 1. The number of hydrogen-bond donors (Lipinski definition) is 2. The van der Waals surface area contributed by atoms with Crippen LogP contribution in [0.1, 0.15) is 39.3 Å². The van der Waals surface area contributed by atoms with Crippen molar-refractivity contribution in [2.45, 2.75) is 19.3 Å². The van der Waals surface area contributed by atoms with Gasteiger partial charge in [-0.2, -0.15) is 0 Å². The molecule has 74 valence electrons. The number of hydrogen-bond acceptors (Lipinski definition) is 2. The van der Waals surface area contributed by atoms with Gasteiger partial charge < -0.3 is 10.1 Å². The Morgan fingerprint density at radius 1 is 1.43 bits per heavy atom. The van der Waals surface area contributed by atoms with Crippen LogP contribution in [0.15, 0.2) is 4.60 Å². The van der Waals surface area contributed by atoms with Crippen molar-refractivity contribution in [3.8, 4) is 0 Å². The molecule has 4 nitrogen and oxygen atoms in total. The average Bonchev–Trinajstić information content (AvgIpc) is 2.42. The van der Waals surface area contributed by atoms with E-state index in [-0.39, 0.29) is 11.3 Å². The van der Waals surface area contributed by atoms with Crippen LogP contribution in [0.3, 0.4) is 0 Å². The van der Waals surface area contributed by atoms with Crippen LogP contribution in [-0.4, -0.2) is 21.8 Å². The predicted octanol–water partition coefficient (Wildman–Crippen LogP) is 1.99.